The minimum Gasteiger partial charge on any atom is -0.494 e. The predicted molar refractivity (Wildman–Crippen MR) is 93.1 cm³/mol. The van der Waals surface area contributed by atoms with E-state index in [-0.39, 0.29) is 11.8 Å². The van der Waals surface area contributed by atoms with Gasteiger partial charge in [0.1, 0.15) is 5.75 Å². The molecule has 2 rings (SSSR count). The van der Waals surface area contributed by atoms with E-state index in [0.717, 1.165) is 11.3 Å². The van der Waals surface area contributed by atoms with Crippen LogP contribution in [0.15, 0.2) is 54.6 Å². The van der Waals surface area contributed by atoms with Gasteiger partial charge in [0, 0.05) is 18.7 Å². The molecule has 0 radical (unpaired) electrons. The summed E-state index contributed by atoms with van der Waals surface area (Å²) < 4.78 is 5.34. The second-order valence-electron chi connectivity index (χ2n) is 5.23. The minimum atomic E-state index is -0.171. The fourth-order valence-corrected chi connectivity index (χ4v) is 2.19. The van der Waals surface area contributed by atoms with Gasteiger partial charge in [0.15, 0.2) is 0 Å². The molecule has 24 heavy (non-hydrogen) atoms. The molecule has 0 aliphatic heterocycles. The summed E-state index contributed by atoms with van der Waals surface area (Å²) in [6.07, 6.45) is 0.341. The van der Waals surface area contributed by atoms with Crippen molar-refractivity contribution in [2.45, 2.75) is 13.3 Å². The highest BCUT2D eigenvalue weighted by atomic mass is 16.5. The zero-order valence-corrected chi connectivity index (χ0v) is 13.7. The number of carbonyl (C=O) groups is 2. The largest absolute Gasteiger partial charge is 0.494 e. The van der Waals surface area contributed by atoms with E-state index in [1.807, 2.05) is 37.3 Å². The summed E-state index contributed by atoms with van der Waals surface area (Å²) in [7, 11) is 0. The highest BCUT2D eigenvalue weighted by molar-refractivity contribution is 5.94. The van der Waals surface area contributed by atoms with Gasteiger partial charge in [0.2, 0.25) is 5.91 Å². The molecule has 0 fully saturated rings. The molecule has 2 aromatic carbocycles. The summed E-state index contributed by atoms with van der Waals surface area (Å²) >= 11 is 0. The number of rotatable bonds is 8. The first-order valence-electron chi connectivity index (χ1n) is 8.00. The molecule has 126 valence electrons. The first kappa shape index (κ1) is 17.5. The Bertz CT molecular complexity index is 654. The molecule has 2 N–H and O–H groups in total. The molecule has 0 heterocycles. The fraction of sp³-hybridized carbons (Fsp3) is 0.263. The van der Waals surface area contributed by atoms with E-state index in [1.54, 1.807) is 24.3 Å². The Morgan fingerprint density at radius 2 is 1.58 bits per heavy atom. The van der Waals surface area contributed by atoms with Crippen molar-refractivity contribution in [1.29, 1.82) is 0 Å². The third-order valence-corrected chi connectivity index (χ3v) is 3.37. The van der Waals surface area contributed by atoms with Gasteiger partial charge >= 0.3 is 0 Å². The Kier molecular flexibility index (Phi) is 6.83. The van der Waals surface area contributed by atoms with Gasteiger partial charge in [-0.25, -0.2) is 0 Å². The second kappa shape index (κ2) is 9.35. The Labute approximate surface area is 142 Å². The average molecular weight is 326 g/mol. The number of benzene rings is 2. The topological polar surface area (TPSA) is 67.4 Å². The van der Waals surface area contributed by atoms with E-state index in [4.69, 9.17) is 4.74 Å². The van der Waals surface area contributed by atoms with Crippen molar-refractivity contribution in [3.05, 3.63) is 65.7 Å². The molecule has 2 aromatic rings. The van der Waals surface area contributed by atoms with Crippen LogP contribution in [0.5, 0.6) is 5.75 Å². The zero-order valence-electron chi connectivity index (χ0n) is 13.7. The van der Waals surface area contributed by atoms with Crippen LogP contribution in [-0.2, 0) is 11.2 Å². The number of carbonyl (C=O) groups excluding carboxylic acids is 2. The maximum atomic E-state index is 12.0. The number of ether oxygens (including phenoxy) is 1. The molecular weight excluding hydrogens is 304 g/mol. The van der Waals surface area contributed by atoms with Gasteiger partial charge in [-0.05, 0) is 36.8 Å². The average Bonchev–Trinajstić information content (AvgIpc) is 2.60. The maximum absolute atomic E-state index is 12.0. The van der Waals surface area contributed by atoms with E-state index < -0.39 is 0 Å². The van der Waals surface area contributed by atoms with Crippen molar-refractivity contribution in [3.63, 3.8) is 0 Å². The molecule has 0 aromatic heterocycles. The maximum Gasteiger partial charge on any atom is 0.251 e. The highest BCUT2D eigenvalue weighted by Gasteiger charge is 2.06. The smallest absolute Gasteiger partial charge is 0.251 e. The van der Waals surface area contributed by atoms with E-state index in [9.17, 15) is 9.59 Å². The van der Waals surface area contributed by atoms with Crippen molar-refractivity contribution >= 4 is 11.8 Å². The van der Waals surface area contributed by atoms with Crippen LogP contribution in [-0.4, -0.2) is 31.5 Å². The third-order valence-electron chi connectivity index (χ3n) is 3.37. The highest BCUT2D eigenvalue weighted by Crippen LogP contribution is 2.11. The molecule has 5 heteroatoms. The zero-order chi connectivity index (χ0) is 17.2. The first-order valence-corrected chi connectivity index (χ1v) is 8.00. The van der Waals surface area contributed by atoms with Crippen LogP contribution >= 0.6 is 0 Å². The summed E-state index contributed by atoms with van der Waals surface area (Å²) in [6, 6.07) is 16.5. The van der Waals surface area contributed by atoms with Crippen molar-refractivity contribution < 1.29 is 14.3 Å². The normalized spacial score (nSPS) is 10.0. The molecule has 0 aliphatic carbocycles. The van der Waals surface area contributed by atoms with E-state index >= 15 is 0 Å². The lowest BCUT2D eigenvalue weighted by Crippen LogP contribution is -2.35. The van der Waals surface area contributed by atoms with Crippen LogP contribution in [0, 0.1) is 0 Å². The van der Waals surface area contributed by atoms with Crippen LogP contribution in [0.4, 0.5) is 0 Å². The van der Waals surface area contributed by atoms with E-state index in [0.29, 0.717) is 31.7 Å². The van der Waals surface area contributed by atoms with Crippen molar-refractivity contribution in [1.82, 2.24) is 10.6 Å². The Balaban J connectivity index is 1.68. The van der Waals surface area contributed by atoms with Gasteiger partial charge in [0.25, 0.3) is 5.91 Å². The molecule has 0 saturated heterocycles. The minimum absolute atomic E-state index is 0.0588. The molecular formula is C19H22N2O3. The molecule has 0 atom stereocenters. The molecule has 0 saturated carbocycles. The van der Waals surface area contributed by atoms with Crippen LogP contribution < -0.4 is 15.4 Å². The SMILES string of the molecule is CCOc1ccc(C(=O)NCCNC(=O)Cc2ccccc2)cc1. The van der Waals surface area contributed by atoms with Gasteiger partial charge in [0.05, 0.1) is 13.0 Å². The molecule has 0 spiro atoms. The van der Waals surface area contributed by atoms with E-state index in [2.05, 4.69) is 10.6 Å². The summed E-state index contributed by atoms with van der Waals surface area (Å²) in [4.78, 5) is 23.8. The second-order valence-corrected chi connectivity index (χ2v) is 5.23. The molecule has 0 bridgehead atoms. The Hall–Kier alpha value is -2.82. The number of hydrogen-bond donors (Lipinski definition) is 2. The third kappa shape index (κ3) is 5.76. The summed E-state index contributed by atoms with van der Waals surface area (Å²) in [5.41, 5.74) is 1.53. The molecule has 0 aliphatic rings. The molecule has 5 nitrogen and oxygen atoms in total. The van der Waals surface area contributed by atoms with Gasteiger partial charge in [-0.1, -0.05) is 30.3 Å². The summed E-state index contributed by atoms with van der Waals surface area (Å²) in [6.45, 7) is 3.28. The van der Waals surface area contributed by atoms with Crippen LogP contribution in [0.3, 0.4) is 0 Å². The molecule has 0 unspecified atom stereocenters. The fourth-order valence-electron chi connectivity index (χ4n) is 2.19. The first-order chi connectivity index (χ1) is 11.7. The monoisotopic (exact) mass is 326 g/mol. The van der Waals surface area contributed by atoms with Gasteiger partial charge < -0.3 is 15.4 Å². The Morgan fingerprint density at radius 1 is 0.917 bits per heavy atom. The van der Waals surface area contributed by atoms with Gasteiger partial charge in [-0.3, -0.25) is 9.59 Å². The van der Waals surface area contributed by atoms with Crippen molar-refractivity contribution in [2.75, 3.05) is 19.7 Å². The predicted octanol–water partition coefficient (Wildman–Crippen LogP) is 2.17. The lowest BCUT2D eigenvalue weighted by atomic mass is 10.1. The van der Waals surface area contributed by atoms with Crippen LogP contribution in [0.25, 0.3) is 0 Å². The lowest BCUT2D eigenvalue weighted by molar-refractivity contribution is -0.120. The van der Waals surface area contributed by atoms with Crippen molar-refractivity contribution in [2.24, 2.45) is 0 Å². The molecule has 2 amide bonds. The van der Waals surface area contributed by atoms with Crippen molar-refractivity contribution in [3.8, 4) is 5.75 Å². The quantitative estimate of drug-likeness (QED) is 0.731. The van der Waals surface area contributed by atoms with Crippen LogP contribution in [0.2, 0.25) is 0 Å². The van der Waals surface area contributed by atoms with Crippen LogP contribution in [0.1, 0.15) is 22.8 Å². The number of nitrogens with one attached hydrogen (secondary N) is 2. The van der Waals surface area contributed by atoms with Gasteiger partial charge in [-0.2, -0.15) is 0 Å². The van der Waals surface area contributed by atoms with E-state index in [1.165, 1.54) is 0 Å². The van der Waals surface area contributed by atoms with Gasteiger partial charge in [-0.15, -0.1) is 0 Å². The Morgan fingerprint density at radius 3 is 2.25 bits per heavy atom. The number of amides is 2. The standard InChI is InChI=1S/C19H22N2O3/c1-2-24-17-10-8-16(9-11-17)19(23)21-13-12-20-18(22)14-15-6-4-3-5-7-15/h3-11H,2,12-14H2,1H3,(H,20,22)(H,21,23). The summed E-state index contributed by atoms with van der Waals surface area (Å²) in [5, 5.41) is 5.57. The lowest BCUT2D eigenvalue weighted by Gasteiger charge is -2.08. The summed E-state index contributed by atoms with van der Waals surface area (Å²) in [5.74, 6) is 0.508. The number of hydrogen-bond acceptors (Lipinski definition) is 3.